The van der Waals surface area contributed by atoms with Crippen molar-refractivity contribution in [3.63, 3.8) is 0 Å². The van der Waals surface area contributed by atoms with Crippen LogP contribution in [0.5, 0.6) is 5.75 Å². The highest BCUT2D eigenvalue weighted by atomic mass is 16.5. The molecule has 8 heteroatoms. The summed E-state index contributed by atoms with van der Waals surface area (Å²) in [6.45, 7) is 5.78. The van der Waals surface area contributed by atoms with Crippen LogP contribution in [-0.2, 0) is 17.8 Å². The number of benzene rings is 1. The van der Waals surface area contributed by atoms with Crippen LogP contribution in [0, 0.1) is 0 Å². The van der Waals surface area contributed by atoms with Gasteiger partial charge in [0.1, 0.15) is 23.2 Å². The fraction of sp³-hybridized carbons (Fsp3) is 0.381. The summed E-state index contributed by atoms with van der Waals surface area (Å²) in [6, 6.07) is 7.75. The molecule has 3 heterocycles. The Morgan fingerprint density at radius 3 is 2.59 bits per heavy atom. The topological polar surface area (TPSA) is 91.1 Å². The first-order chi connectivity index (χ1) is 14.1. The largest absolute Gasteiger partial charge is 0.488 e. The number of hydrogen-bond acceptors (Lipinski definition) is 5. The van der Waals surface area contributed by atoms with Crippen LogP contribution >= 0.6 is 0 Å². The maximum atomic E-state index is 12.5. The number of fused-ring (bicyclic) bond motifs is 1. The van der Waals surface area contributed by atoms with Crippen LogP contribution < -0.4 is 16.0 Å². The van der Waals surface area contributed by atoms with Gasteiger partial charge >= 0.3 is 5.69 Å². The third kappa shape index (κ3) is 3.75. The Bertz CT molecular complexity index is 1150. The predicted octanol–water partition coefficient (Wildman–Crippen LogP) is 2.26. The van der Waals surface area contributed by atoms with Gasteiger partial charge in [-0.05, 0) is 37.6 Å². The van der Waals surface area contributed by atoms with E-state index in [0.29, 0.717) is 36.7 Å². The van der Waals surface area contributed by atoms with Crippen molar-refractivity contribution in [3.05, 3.63) is 56.5 Å². The van der Waals surface area contributed by atoms with Crippen molar-refractivity contribution in [3.8, 4) is 5.75 Å². The summed E-state index contributed by atoms with van der Waals surface area (Å²) in [6.07, 6.45) is 4.72. The normalized spacial score (nSPS) is 16.8. The number of ether oxygens (including phenoxy) is 2. The fourth-order valence-electron chi connectivity index (χ4n) is 3.46. The molecule has 0 aliphatic carbocycles. The number of imidazole rings is 1. The van der Waals surface area contributed by atoms with Gasteiger partial charge < -0.3 is 14.5 Å². The minimum atomic E-state index is -0.346. The van der Waals surface area contributed by atoms with Crippen molar-refractivity contribution in [2.24, 2.45) is 0 Å². The summed E-state index contributed by atoms with van der Waals surface area (Å²) < 4.78 is 13.9. The van der Waals surface area contributed by atoms with E-state index in [1.54, 1.807) is 13.0 Å². The van der Waals surface area contributed by atoms with Gasteiger partial charge in [0.15, 0.2) is 5.65 Å². The first kappa shape index (κ1) is 19.2. The number of H-pyrrole nitrogens is 1. The third-order valence-electron chi connectivity index (χ3n) is 5.02. The zero-order valence-electron chi connectivity index (χ0n) is 16.6. The quantitative estimate of drug-likeness (QED) is 0.690. The smallest absolute Gasteiger partial charge is 0.332 e. The predicted molar refractivity (Wildman–Crippen MR) is 111 cm³/mol. The maximum Gasteiger partial charge on any atom is 0.332 e. The van der Waals surface area contributed by atoms with Crippen LogP contribution in [0.3, 0.4) is 0 Å². The summed E-state index contributed by atoms with van der Waals surface area (Å²) in [5.41, 5.74) is 1.02. The molecule has 1 aromatic carbocycles. The number of nitrogens with one attached hydrogen (secondary N) is 1. The number of aromatic nitrogens is 4. The second-order valence-electron chi connectivity index (χ2n) is 6.90. The molecule has 0 unspecified atom stereocenters. The van der Waals surface area contributed by atoms with Crippen LogP contribution in [0.25, 0.3) is 23.3 Å². The van der Waals surface area contributed by atoms with Crippen molar-refractivity contribution in [2.45, 2.75) is 39.5 Å². The second-order valence-corrected chi connectivity index (χ2v) is 6.90. The van der Waals surface area contributed by atoms with Crippen LogP contribution in [0.15, 0.2) is 33.9 Å². The lowest BCUT2D eigenvalue weighted by Crippen LogP contribution is -2.39. The fourth-order valence-corrected chi connectivity index (χ4v) is 3.46. The molecule has 8 nitrogen and oxygen atoms in total. The first-order valence-corrected chi connectivity index (χ1v) is 9.86. The average Bonchev–Trinajstić information content (AvgIpc) is 3.38. The number of rotatable bonds is 6. The number of hydrogen-bond donors (Lipinski definition) is 1. The molecule has 0 radical (unpaired) electrons. The van der Waals surface area contributed by atoms with E-state index in [-0.39, 0.29) is 17.4 Å². The van der Waals surface area contributed by atoms with Crippen LogP contribution in [0.1, 0.15) is 31.7 Å². The van der Waals surface area contributed by atoms with Crippen molar-refractivity contribution < 1.29 is 9.47 Å². The van der Waals surface area contributed by atoms with Crippen molar-refractivity contribution in [1.82, 2.24) is 19.1 Å². The third-order valence-corrected chi connectivity index (χ3v) is 5.02. The molecule has 1 fully saturated rings. The van der Waals surface area contributed by atoms with Crippen molar-refractivity contribution in [1.29, 1.82) is 0 Å². The molecule has 1 atom stereocenters. The van der Waals surface area contributed by atoms with Crippen LogP contribution in [0.4, 0.5) is 0 Å². The zero-order valence-corrected chi connectivity index (χ0v) is 16.6. The average molecular weight is 396 g/mol. The number of nitrogens with zero attached hydrogens (tertiary/aromatic N) is 3. The Morgan fingerprint density at radius 1 is 1.17 bits per heavy atom. The SMILES string of the molecule is CCn1c(=O)c2[nH]c(/C=C/c3ccc(O[C@@H]4CCOC4)cc3)nc2n(CC)c1=O. The van der Waals surface area contributed by atoms with E-state index in [0.717, 1.165) is 24.3 Å². The van der Waals surface area contributed by atoms with Crippen molar-refractivity contribution >= 4 is 23.3 Å². The van der Waals surface area contributed by atoms with E-state index in [4.69, 9.17) is 9.47 Å². The summed E-state index contributed by atoms with van der Waals surface area (Å²) in [7, 11) is 0. The lowest BCUT2D eigenvalue weighted by molar-refractivity contribution is 0.141. The van der Waals surface area contributed by atoms with Gasteiger partial charge in [-0.3, -0.25) is 13.9 Å². The molecule has 1 saturated heterocycles. The monoisotopic (exact) mass is 396 g/mol. The molecule has 0 amide bonds. The zero-order chi connectivity index (χ0) is 20.4. The lowest BCUT2D eigenvalue weighted by Gasteiger charge is -2.11. The number of aromatic amines is 1. The Hall–Kier alpha value is -3.13. The Labute approximate surface area is 167 Å². The Kier molecular flexibility index (Phi) is 5.35. The standard InChI is InChI=1S/C21H24N4O4/c1-3-24-19-18(20(26)25(4-2)21(24)27)22-17(23-19)10-7-14-5-8-15(9-6-14)29-16-11-12-28-13-16/h5-10,16H,3-4,11-13H2,1-2H3,(H,22,23)/b10-7+/t16-/m1/s1. The molecule has 0 bridgehead atoms. The molecule has 0 saturated carbocycles. The molecule has 1 N–H and O–H groups in total. The highest BCUT2D eigenvalue weighted by molar-refractivity contribution is 5.75. The van der Waals surface area contributed by atoms with E-state index in [1.807, 2.05) is 37.3 Å². The molecule has 1 aliphatic heterocycles. The van der Waals surface area contributed by atoms with E-state index < -0.39 is 0 Å². The molecular formula is C21H24N4O4. The van der Waals surface area contributed by atoms with Gasteiger partial charge in [-0.25, -0.2) is 9.78 Å². The van der Waals surface area contributed by atoms with E-state index in [1.165, 1.54) is 9.13 Å². The van der Waals surface area contributed by atoms with Gasteiger partial charge in [-0.2, -0.15) is 0 Å². The Balaban J connectivity index is 1.59. The summed E-state index contributed by atoms with van der Waals surface area (Å²) in [4.78, 5) is 32.5. The highest BCUT2D eigenvalue weighted by Crippen LogP contribution is 2.18. The van der Waals surface area contributed by atoms with Gasteiger partial charge in [0.05, 0.1) is 13.2 Å². The lowest BCUT2D eigenvalue weighted by atomic mass is 10.2. The maximum absolute atomic E-state index is 12.5. The van der Waals surface area contributed by atoms with Gasteiger partial charge in [0.2, 0.25) is 0 Å². The van der Waals surface area contributed by atoms with E-state index in [2.05, 4.69) is 9.97 Å². The highest BCUT2D eigenvalue weighted by Gasteiger charge is 2.17. The summed E-state index contributed by atoms with van der Waals surface area (Å²) in [5.74, 6) is 1.34. The second kappa shape index (κ2) is 8.08. The molecule has 0 spiro atoms. The molecule has 2 aromatic heterocycles. The molecule has 1 aliphatic rings. The van der Waals surface area contributed by atoms with Gasteiger partial charge in [0, 0.05) is 19.5 Å². The molecular weight excluding hydrogens is 372 g/mol. The minimum Gasteiger partial charge on any atom is -0.488 e. The van der Waals surface area contributed by atoms with Crippen molar-refractivity contribution in [2.75, 3.05) is 13.2 Å². The van der Waals surface area contributed by atoms with Crippen LogP contribution in [0.2, 0.25) is 0 Å². The minimum absolute atomic E-state index is 0.121. The van der Waals surface area contributed by atoms with Gasteiger partial charge in [-0.1, -0.05) is 18.2 Å². The van der Waals surface area contributed by atoms with Gasteiger partial charge in [0.25, 0.3) is 5.56 Å². The summed E-state index contributed by atoms with van der Waals surface area (Å²) >= 11 is 0. The summed E-state index contributed by atoms with van der Waals surface area (Å²) in [5, 5.41) is 0. The first-order valence-electron chi connectivity index (χ1n) is 9.86. The Morgan fingerprint density at radius 2 is 1.93 bits per heavy atom. The molecule has 152 valence electrons. The molecule has 3 aromatic rings. The number of aryl methyl sites for hydroxylation is 1. The van der Waals surface area contributed by atoms with Crippen LogP contribution in [-0.4, -0.2) is 38.4 Å². The van der Waals surface area contributed by atoms with E-state index >= 15 is 0 Å². The van der Waals surface area contributed by atoms with E-state index in [9.17, 15) is 9.59 Å². The van der Waals surface area contributed by atoms with Gasteiger partial charge in [-0.15, -0.1) is 0 Å². The molecule has 4 rings (SSSR count). The molecule has 29 heavy (non-hydrogen) atoms.